The molecule has 1 aliphatic carbocycles. The predicted octanol–water partition coefficient (Wildman–Crippen LogP) is 4.72. The Bertz CT molecular complexity index is 818. The minimum atomic E-state index is -0.713. The van der Waals surface area contributed by atoms with E-state index >= 15 is 0 Å². The van der Waals surface area contributed by atoms with E-state index in [9.17, 15) is 0 Å². The van der Waals surface area contributed by atoms with Crippen LogP contribution in [0.5, 0.6) is 0 Å². The Labute approximate surface area is 206 Å². The van der Waals surface area contributed by atoms with Crippen LogP contribution in [0.4, 0.5) is 0 Å². The standard InChI is InChI=1S/C30H33O.Li/c1-2-29(24-25-16-8-3-4-9-17-25)31-30(26-18-10-5-11-19-26,27-20-12-6-13-21-27)28-22-14-7-15-23-28;/h1-2,5-7,10-15,18-23,25,29H,3-4,8-9,16-17,24H2;/q-1;+1. The van der Waals surface area contributed by atoms with Crippen LogP contribution < -0.4 is 18.9 Å². The maximum absolute atomic E-state index is 7.11. The number of hydrogen-bond acceptors (Lipinski definition) is 1. The van der Waals surface area contributed by atoms with E-state index in [2.05, 4.69) is 91.0 Å². The van der Waals surface area contributed by atoms with Crippen LogP contribution in [0.2, 0.25) is 0 Å². The zero-order valence-corrected chi connectivity index (χ0v) is 19.3. The van der Waals surface area contributed by atoms with Crippen molar-refractivity contribution in [1.29, 1.82) is 0 Å². The molecule has 1 nitrogen and oxygen atoms in total. The van der Waals surface area contributed by atoms with E-state index in [4.69, 9.17) is 11.3 Å². The van der Waals surface area contributed by atoms with Crippen LogP contribution in [0, 0.1) is 12.5 Å². The molecule has 160 valence electrons. The average molecular weight is 417 g/mol. The Morgan fingerprint density at radius 2 is 1.12 bits per heavy atom. The van der Waals surface area contributed by atoms with Crippen molar-refractivity contribution >= 4 is 0 Å². The summed E-state index contributed by atoms with van der Waals surface area (Å²) >= 11 is 0. The Morgan fingerprint density at radius 3 is 1.50 bits per heavy atom. The first-order chi connectivity index (χ1) is 15.3. The summed E-state index contributed by atoms with van der Waals surface area (Å²) in [6, 6.07) is 31.7. The van der Waals surface area contributed by atoms with Crippen LogP contribution in [0.1, 0.15) is 61.6 Å². The maximum atomic E-state index is 7.11. The topological polar surface area (TPSA) is 9.23 Å². The molecule has 4 rings (SSSR count). The molecule has 0 bridgehead atoms. The molecule has 0 aromatic heterocycles. The molecular weight excluding hydrogens is 383 g/mol. The average Bonchev–Trinajstić information content (AvgIpc) is 3.12. The van der Waals surface area contributed by atoms with E-state index in [-0.39, 0.29) is 25.0 Å². The Kier molecular flexibility index (Phi) is 9.43. The van der Waals surface area contributed by atoms with E-state index in [0.29, 0.717) is 5.92 Å². The number of benzene rings is 3. The Hall–Kier alpha value is -2.04. The summed E-state index contributed by atoms with van der Waals surface area (Å²) in [7, 11) is 0. The van der Waals surface area contributed by atoms with Gasteiger partial charge >= 0.3 is 18.9 Å². The molecular formula is C30H33LiO. The van der Waals surface area contributed by atoms with Gasteiger partial charge in [-0.2, -0.15) is 0 Å². The van der Waals surface area contributed by atoms with E-state index in [1.54, 1.807) is 6.08 Å². The molecule has 0 saturated heterocycles. The van der Waals surface area contributed by atoms with Crippen LogP contribution >= 0.6 is 0 Å². The van der Waals surface area contributed by atoms with Gasteiger partial charge in [-0.05, 0) is 29.0 Å². The summed E-state index contributed by atoms with van der Waals surface area (Å²) in [6.45, 7) is 6.22. The van der Waals surface area contributed by atoms with Gasteiger partial charge < -0.3 is 11.3 Å². The van der Waals surface area contributed by atoms with Gasteiger partial charge in [0.1, 0.15) is 5.60 Å². The molecule has 0 radical (unpaired) electrons. The van der Waals surface area contributed by atoms with E-state index in [1.807, 2.05) is 0 Å². The summed E-state index contributed by atoms with van der Waals surface area (Å²) in [6.07, 6.45) is 10.5. The van der Waals surface area contributed by atoms with Crippen LogP contribution in [0.3, 0.4) is 0 Å². The van der Waals surface area contributed by atoms with E-state index in [1.165, 1.54) is 38.5 Å². The summed E-state index contributed by atoms with van der Waals surface area (Å²) in [5.74, 6) is 0.673. The zero-order valence-electron chi connectivity index (χ0n) is 19.3. The van der Waals surface area contributed by atoms with Gasteiger partial charge in [0.05, 0.1) is 0 Å². The first-order valence-electron chi connectivity index (χ1n) is 11.7. The second-order valence-electron chi connectivity index (χ2n) is 8.72. The summed E-state index contributed by atoms with van der Waals surface area (Å²) in [5, 5.41) is 0. The minimum absolute atomic E-state index is 0. The second-order valence-corrected chi connectivity index (χ2v) is 8.72. The van der Waals surface area contributed by atoms with Gasteiger partial charge in [0.25, 0.3) is 0 Å². The monoisotopic (exact) mass is 416 g/mol. The third kappa shape index (κ3) is 5.65. The van der Waals surface area contributed by atoms with Crippen molar-refractivity contribution in [2.24, 2.45) is 5.92 Å². The van der Waals surface area contributed by atoms with Crippen LogP contribution in [-0.2, 0) is 10.3 Å². The number of ether oxygens (including phenoxy) is 1. The molecule has 1 saturated carbocycles. The third-order valence-electron chi connectivity index (χ3n) is 6.62. The maximum Gasteiger partial charge on any atom is 1.00 e. The van der Waals surface area contributed by atoms with Gasteiger partial charge in [-0.15, -0.1) is 0 Å². The molecule has 1 aliphatic rings. The quantitative estimate of drug-likeness (QED) is 0.224. The fourth-order valence-corrected chi connectivity index (χ4v) is 5.04. The first kappa shape index (κ1) is 24.6. The molecule has 0 aliphatic heterocycles. The van der Waals surface area contributed by atoms with Crippen LogP contribution in [0.25, 0.3) is 0 Å². The Morgan fingerprint density at radius 1 is 0.719 bits per heavy atom. The van der Waals surface area contributed by atoms with Gasteiger partial charge in [0, 0.05) is 6.10 Å². The smallest absolute Gasteiger partial charge is 0.515 e. The molecule has 1 atom stereocenters. The predicted molar refractivity (Wildman–Crippen MR) is 129 cm³/mol. The van der Waals surface area contributed by atoms with Gasteiger partial charge in [-0.25, -0.2) is 6.08 Å². The van der Waals surface area contributed by atoms with Crippen molar-refractivity contribution < 1.29 is 23.6 Å². The van der Waals surface area contributed by atoms with Crippen molar-refractivity contribution in [2.45, 2.75) is 56.7 Å². The molecule has 1 fully saturated rings. The second kappa shape index (κ2) is 12.3. The number of hydrogen-bond donors (Lipinski definition) is 0. The molecule has 0 spiro atoms. The minimum Gasteiger partial charge on any atom is -0.515 e. The van der Waals surface area contributed by atoms with E-state index < -0.39 is 5.60 Å². The molecule has 32 heavy (non-hydrogen) atoms. The largest absolute Gasteiger partial charge is 1.00 e. The molecule has 3 aromatic carbocycles. The first-order valence-corrected chi connectivity index (χ1v) is 11.7. The number of rotatable bonds is 8. The summed E-state index contributed by atoms with van der Waals surface area (Å²) in [4.78, 5) is 0. The summed E-state index contributed by atoms with van der Waals surface area (Å²) in [5.41, 5.74) is 2.66. The third-order valence-corrected chi connectivity index (χ3v) is 6.62. The summed E-state index contributed by atoms with van der Waals surface area (Å²) < 4.78 is 7.11. The molecule has 1 unspecified atom stereocenters. The SMILES string of the molecule is [CH-]=CC(CC1CCCCCC1)OC(c1ccccc1)(c1ccccc1)c1ccccc1.[Li+]. The molecule has 0 N–H and O–H groups in total. The Balaban J connectivity index is 0.00000289. The molecule has 0 amide bonds. The van der Waals surface area contributed by atoms with Crippen molar-refractivity contribution in [3.05, 3.63) is 120 Å². The van der Waals surface area contributed by atoms with Gasteiger partial charge in [0.2, 0.25) is 0 Å². The van der Waals surface area contributed by atoms with Crippen molar-refractivity contribution in [3.8, 4) is 0 Å². The van der Waals surface area contributed by atoms with Crippen LogP contribution in [0.15, 0.2) is 97.1 Å². The molecule has 3 aromatic rings. The van der Waals surface area contributed by atoms with Crippen molar-refractivity contribution in [2.75, 3.05) is 0 Å². The fourth-order valence-electron chi connectivity index (χ4n) is 5.04. The van der Waals surface area contributed by atoms with Crippen molar-refractivity contribution in [3.63, 3.8) is 0 Å². The molecule has 0 heterocycles. The fraction of sp³-hybridized carbons (Fsp3) is 0.333. The van der Waals surface area contributed by atoms with Crippen molar-refractivity contribution in [1.82, 2.24) is 0 Å². The van der Waals surface area contributed by atoms with Gasteiger partial charge in [-0.1, -0.05) is 130 Å². The normalized spacial score (nSPS) is 15.9. The van der Waals surface area contributed by atoms with Gasteiger partial charge in [0.15, 0.2) is 0 Å². The van der Waals surface area contributed by atoms with E-state index in [0.717, 1.165) is 23.1 Å². The molecule has 2 heteroatoms. The van der Waals surface area contributed by atoms with Crippen LogP contribution in [-0.4, -0.2) is 6.10 Å². The zero-order chi connectivity index (χ0) is 21.4. The van der Waals surface area contributed by atoms with Gasteiger partial charge in [-0.3, -0.25) is 0 Å².